The molecule has 0 bridgehead atoms. The lowest BCUT2D eigenvalue weighted by atomic mass is 9.90. The molecular weight excluding hydrogens is 248 g/mol. The number of carbonyl (C=O) groups excluding carboxylic acids is 1. The Morgan fingerprint density at radius 3 is 2.67 bits per heavy atom. The van der Waals surface area contributed by atoms with Crippen molar-refractivity contribution in [2.75, 3.05) is 0 Å². The molecule has 2 nitrogen and oxygen atoms in total. The Morgan fingerprint density at radius 1 is 1.17 bits per heavy atom. The van der Waals surface area contributed by atoms with Crippen LogP contribution in [0.25, 0.3) is 10.8 Å². The topological polar surface area (TPSA) is 26.3 Å². The highest BCUT2D eigenvalue weighted by Gasteiger charge is 2.42. The fraction of sp³-hybridized carbons (Fsp3) is 0.267. The van der Waals surface area contributed by atoms with Crippen LogP contribution in [0.2, 0.25) is 0 Å². The fourth-order valence-corrected chi connectivity index (χ4v) is 2.48. The molecule has 18 heavy (non-hydrogen) atoms. The van der Waals surface area contributed by atoms with E-state index in [0.29, 0.717) is 11.3 Å². The molecule has 0 saturated heterocycles. The van der Waals surface area contributed by atoms with Gasteiger partial charge in [-0.2, -0.15) is 0 Å². The number of fused-ring (bicyclic) bond motifs is 3. The molecule has 1 unspecified atom stereocenters. The molecule has 0 aromatic heterocycles. The number of Topliss-reactive ketones (excluding diaryl/α,β-unsaturated/α-hetero) is 1. The maximum atomic E-state index is 12.3. The average Bonchev–Trinajstić information content (AvgIpc) is 2.36. The summed E-state index contributed by atoms with van der Waals surface area (Å²) in [5.41, 5.74) is -0.108. The third kappa shape index (κ3) is 1.52. The summed E-state index contributed by atoms with van der Waals surface area (Å²) in [7, 11) is 0. The van der Waals surface area contributed by atoms with Crippen LogP contribution >= 0.6 is 11.6 Å². The van der Waals surface area contributed by atoms with E-state index in [4.69, 9.17) is 16.3 Å². The van der Waals surface area contributed by atoms with Crippen molar-refractivity contribution >= 4 is 28.2 Å². The van der Waals surface area contributed by atoms with Crippen LogP contribution in [0.5, 0.6) is 5.75 Å². The molecule has 1 heterocycles. The van der Waals surface area contributed by atoms with Gasteiger partial charge in [0.2, 0.25) is 0 Å². The number of ether oxygens (including phenoxy) is 1. The summed E-state index contributed by atoms with van der Waals surface area (Å²) in [6.45, 7) is 3.68. The standard InChI is InChI=1S/C15H13ClO2/c1-15(2)14(16)12(17)11-8-7-9-5-3-4-6-10(9)13(11)18-15/h3-8,14H,1-2H3. The molecule has 2 aromatic carbocycles. The van der Waals surface area contributed by atoms with E-state index in [0.717, 1.165) is 10.8 Å². The van der Waals surface area contributed by atoms with E-state index < -0.39 is 11.0 Å². The molecule has 92 valence electrons. The molecule has 2 aromatic rings. The molecule has 0 saturated carbocycles. The monoisotopic (exact) mass is 260 g/mol. The van der Waals surface area contributed by atoms with E-state index in [9.17, 15) is 4.79 Å². The maximum Gasteiger partial charge on any atom is 0.188 e. The Morgan fingerprint density at radius 2 is 1.89 bits per heavy atom. The van der Waals surface area contributed by atoms with Crippen molar-refractivity contribution in [2.45, 2.75) is 24.8 Å². The van der Waals surface area contributed by atoms with Gasteiger partial charge in [-0.05, 0) is 25.3 Å². The molecule has 3 rings (SSSR count). The van der Waals surface area contributed by atoms with Crippen LogP contribution in [-0.4, -0.2) is 16.8 Å². The minimum absolute atomic E-state index is 0.0614. The van der Waals surface area contributed by atoms with Crippen LogP contribution in [-0.2, 0) is 0 Å². The second-order valence-electron chi connectivity index (χ2n) is 5.10. The highest BCUT2D eigenvalue weighted by Crippen LogP contribution is 2.40. The predicted molar refractivity (Wildman–Crippen MR) is 72.6 cm³/mol. The van der Waals surface area contributed by atoms with Gasteiger partial charge in [-0.25, -0.2) is 0 Å². The number of alkyl halides is 1. The number of carbonyl (C=O) groups is 1. The van der Waals surface area contributed by atoms with Crippen molar-refractivity contribution in [3.05, 3.63) is 42.0 Å². The van der Waals surface area contributed by atoms with Crippen LogP contribution < -0.4 is 4.74 Å². The second-order valence-corrected chi connectivity index (χ2v) is 5.53. The number of ketones is 1. The molecule has 0 radical (unpaired) electrons. The summed E-state index contributed by atoms with van der Waals surface area (Å²) in [5.74, 6) is 0.591. The summed E-state index contributed by atoms with van der Waals surface area (Å²) >= 11 is 6.16. The summed E-state index contributed by atoms with van der Waals surface area (Å²) in [4.78, 5) is 12.3. The lowest BCUT2D eigenvalue weighted by Gasteiger charge is -2.36. The van der Waals surface area contributed by atoms with Gasteiger partial charge in [0.15, 0.2) is 5.78 Å². The van der Waals surface area contributed by atoms with Gasteiger partial charge in [0, 0.05) is 5.39 Å². The largest absolute Gasteiger partial charge is 0.484 e. The smallest absolute Gasteiger partial charge is 0.188 e. The average molecular weight is 261 g/mol. The minimum Gasteiger partial charge on any atom is -0.484 e. The molecule has 3 heteroatoms. The van der Waals surface area contributed by atoms with Gasteiger partial charge in [-0.3, -0.25) is 4.79 Å². The second kappa shape index (κ2) is 3.72. The predicted octanol–water partition coefficient (Wildman–Crippen LogP) is 3.80. The first-order chi connectivity index (χ1) is 8.50. The summed E-state index contributed by atoms with van der Waals surface area (Å²) < 4.78 is 5.96. The van der Waals surface area contributed by atoms with Gasteiger partial charge in [0.25, 0.3) is 0 Å². The molecule has 0 N–H and O–H groups in total. The third-order valence-corrected chi connectivity index (χ3v) is 4.07. The fourth-order valence-electron chi connectivity index (χ4n) is 2.31. The number of halogens is 1. The zero-order chi connectivity index (χ0) is 12.9. The van der Waals surface area contributed by atoms with E-state index >= 15 is 0 Å². The zero-order valence-electron chi connectivity index (χ0n) is 10.2. The van der Waals surface area contributed by atoms with Crippen molar-refractivity contribution in [3.63, 3.8) is 0 Å². The lowest BCUT2D eigenvalue weighted by molar-refractivity contribution is 0.0653. The van der Waals surface area contributed by atoms with E-state index in [1.807, 2.05) is 44.2 Å². The summed E-state index contributed by atoms with van der Waals surface area (Å²) in [6.07, 6.45) is 0. The van der Waals surface area contributed by atoms with E-state index in [1.165, 1.54) is 0 Å². The lowest BCUT2D eigenvalue weighted by Crippen LogP contribution is -2.47. The van der Waals surface area contributed by atoms with Crippen LogP contribution in [0, 0.1) is 0 Å². The molecule has 1 aliphatic rings. The van der Waals surface area contributed by atoms with E-state index in [2.05, 4.69) is 0 Å². The molecule has 1 atom stereocenters. The highest BCUT2D eigenvalue weighted by atomic mass is 35.5. The Bertz CT molecular complexity index is 646. The van der Waals surface area contributed by atoms with Gasteiger partial charge < -0.3 is 4.74 Å². The van der Waals surface area contributed by atoms with Gasteiger partial charge >= 0.3 is 0 Å². The van der Waals surface area contributed by atoms with Crippen molar-refractivity contribution in [1.29, 1.82) is 0 Å². The van der Waals surface area contributed by atoms with Crippen molar-refractivity contribution in [3.8, 4) is 5.75 Å². The van der Waals surface area contributed by atoms with Gasteiger partial charge in [0.05, 0.1) is 5.56 Å². The molecule has 1 aliphatic heterocycles. The Kier molecular flexibility index (Phi) is 2.39. The van der Waals surface area contributed by atoms with Crippen molar-refractivity contribution in [1.82, 2.24) is 0 Å². The van der Waals surface area contributed by atoms with Gasteiger partial charge in [0.1, 0.15) is 16.7 Å². The van der Waals surface area contributed by atoms with Crippen molar-refractivity contribution < 1.29 is 9.53 Å². The minimum atomic E-state index is -0.685. The van der Waals surface area contributed by atoms with Crippen LogP contribution in [0.15, 0.2) is 36.4 Å². The molecule has 0 fully saturated rings. The van der Waals surface area contributed by atoms with Crippen molar-refractivity contribution in [2.24, 2.45) is 0 Å². The molecule has 0 amide bonds. The Balaban J connectivity index is 2.32. The zero-order valence-corrected chi connectivity index (χ0v) is 11.0. The molecule has 0 aliphatic carbocycles. The third-order valence-electron chi connectivity index (χ3n) is 3.35. The first kappa shape index (κ1) is 11.5. The Hall–Kier alpha value is -1.54. The quantitative estimate of drug-likeness (QED) is 0.674. The van der Waals surface area contributed by atoms with Crippen LogP contribution in [0.4, 0.5) is 0 Å². The Labute approximate surface area is 111 Å². The SMILES string of the molecule is CC1(C)Oc2c(ccc3ccccc23)C(=O)C1Cl. The van der Waals surface area contributed by atoms with Gasteiger partial charge in [-0.15, -0.1) is 11.6 Å². The normalized spacial score (nSPS) is 21.5. The van der Waals surface area contributed by atoms with E-state index in [-0.39, 0.29) is 5.78 Å². The van der Waals surface area contributed by atoms with E-state index in [1.54, 1.807) is 6.07 Å². The summed E-state index contributed by atoms with van der Waals surface area (Å²) in [5, 5.41) is 1.37. The number of hydrogen-bond donors (Lipinski definition) is 0. The number of rotatable bonds is 0. The maximum absolute atomic E-state index is 12.3. The first-order valence-corrected chi connectivity index (χ1v) is 6.33. The first-order valence-electron chi connectivity index (χ1n) is 5.90. The highest BCUT2D eigenvalue weighted by molar-refractivity contribution is 6.36. The van der Waals surface area contributed by atoms with Crippen LogP contribution in [0.3, 0.4) is 0 Å². The number of hydrogen-bond acceptors (Lipinski definition) is 2. The molecule has 0 spiro atoms. The molecular formula is C15H13ClO2. The van der Waals surface area contributed by atoms with Crippen LogP contribution in [0.1, 0.15) is 24.2 Å². The summed E-state index contributed by atoms with van der Waals surface area (Å²) in [6, 6.07) is 11.6. The number of benzene rings is 2. The van der Waals surface area contributed by atoms with Gasteiger partial charge in [-0.1, -0.05) is 30.3 Å².